The molecule has 0 bridgehead atoms. The van der Waals surface area contributed by atoms with E-state index in [0.29, 0.717) is 28.8 Å². The summed E-state index contributed by atoms with van der Waals surface area (Å²) in [6, 6.07) is 4.13. The second-order valence-electron chi connectivity index (χ2n) is 9.96. The number of anilines is 2. The van der Waals surface area contributed by atoms with Crippen molar-refractivity contribution in [2.45, 2.75) is 50.6 Å². The number of aromatic nitrogens is 5. The molecule has 0 atom stereocenters. The van der Waals surface area contributed by atoms with Crippen molar-refractivity contribution in [1.29, 1.82) is 5.26 Å². The Morgan fingerprint density at radius 3 is 2.63 bits per heavy atom. The number of piperidine rings is 1. The molecule has 0 spiro atoms. The second-order valence-corrected chi connectivity index (χ2v) is 9.96. The molecule has 35 heavy (non-hydrogen) atoms. The normalized spacial score (nSPS) is 17.9. The first-order valence-corrected chi connectivity index (χ1v) is 12.5. The van der Waals surface area contributed by atoms with E-state index in [2.05, 4.69) is 48.7 Å². The molecule has 1 aliphatic heterocycles. The van der Waals surface area contributed by atoms with Crippen LogP contribution in [0.15, 0.2) is 29.6 Å². The van der Waals surface area contributed by atoms with Crippen LogP contribution in [0.5, 0.6) is 0 Å². The molecule has 0 aromatic carbocycles. The summed E-state index contributed by atoms with van der Waals surface area (Å²) in [4.78, 5) is 31.4. The Morgan fingerprint density at radius 1 is 1.14 bits per heavy atom. The van der Waals surface area contributed by atoms with E-state index in [4.69, 9.17) is 0 Å². The molecule has 1 aliphatic carbocycles. The van der Waals surface area contributed by atoms with Gasteiger partial charge in [-0.1, -0.05) is 12.8 Å². The highest BCUT2D eigenvalue weighted by Crippen LogP contribution is 2.31. The third-order valence-electron chi connectivity index (χ3n) is 7.27. The number of hydrogen-bond donors (Lipinski definition) is 1. The van der Waals surface area contributed by atoms with Gasteiger partial charge in [-0.2, -0.15) is 10.2 Å². The maximum atomic E-state index is 13.0. The standard InChI is InChI=1S/C25H33N9O/c1-31(2)11-12-32-9-7-20(8-10-32)33-16-22(28-17-33)29-25-27-15-19-13-18(14-26)24(35)34(23(19)30-25)21-5-3-4-6-21/h13,15-17,20-21H,3-12H2,1-2H3,(H,27,29,30). The summed E-state index contributed by atoms with van der Waals surface area (Å²) < 4.78 is 3.89. The Morgan fingerprint density at radius 2 is 1.91 bits per heavy atom. The van der Waals surface area contributed by atoms with E-state index >= 15 is 0 Å². The lowest BCUT2D eigenvalue weighted by Gasteiger charge is -2.33. The molecule has 2 fully saturated rings. The lowest BCUT2D eigenvalue weighted by Crippen LogP contribution is -2.38. The van der Waals surface area contributed by atoms with Gasteiger partial charge in [0.25, 0.3) is 5.56 Å². The van der Waals surface area contributed by atoms with Gasteiger partial charge in [-0.05, 0) is 45.8 Å². The van der Waals surface area contributed by atoms with E-state index in [-0.39, 0.29) is 17.2 Å². The molecule has 184 valence electrons. The first-order valence-electron chi connectivity index (χ1n) is 12.5. The van der Waals surface area contributed by atoms with Crippen molar-refractivity contribution < 1.29 is 0 Å². The van der Waals surface area contributed by atoms with Crippen LogP contribution >= 0.6 is 0 Å². The topological polar surface area (TPSA) is 108 Å². The van der Waals surface area contributed by atoms with Gasteiger partial charge in [0.05, 0.1) is 6.33 Å². The second kappa shape index (κ2) is 10.1. The molecule has 4 heterocycles. The van der Waals surface area contributed by atoms with Crippen molar-refractivity contribution in [2.75, 3.05) is 45.6 Å². The SMILES string of the molecule is CN(C)CCN1CCC(n2cnc(Nc3ncc4cc(C#N)c(=O)n(C5CCCC5)c4n3)c2)CC1. The smallest absolute Gasteiger partial charge is 0.270 e. The summed E-state index contributed by atoms with van der Waals surface area (Å²) >= 11 is 0. The number of likely N-dealkylation sites (N-methyl/N-ethyl adjacent to an activating group) is 1. The van der Waals surface area contributed by atoms with Crippen LogP contribution in [0.3, 0.4) is 0 Å². The maximum absolute atomic E-state index is 13.0. The number of pyridine rings is 1. The number of imidazole rings is 1. The van der Waals surface area contributed by atoms with Gasteiger partial charge in [0.2, 0.25) is 5.95 Å². The lowest BCUT2D eigenvalue weighted by molar-refractivity contribution is 0.173. The number of fused-ring (bicyclic) bond motifs is 1. The molecule has 0 amide bonds. The molecule has 3 aromatic heterocycles. The Bertz CT molecular complexity index is 1270. The van der Waals surface area contributed by atoms with E-state index in [9.17, 15) is 10.1 Å². The van der Waals surface area contributed by atoms with Crippen molar-refractivity contribution in [1.82, 2.24) is 33.9 Å². The fraction of sp³-hybridized carbons (Fsp3) is 0.560. The summed E-state index contributed by atoms with van der Waals surface area (Å²) in [5.41, 5.74) is 0.445. The van der Waals surface area contributed by atoms with Gasteiger partial charge in [0.1, 0.15) is 17.3 Å². The fourth-order valence-electron chi connectivity index (χ4n) is 5.26. The average molecular weight is 476 g/mol. The van der Waals surface area contributed by atoms with E-state index in [1.807, 2.05) is 18.6 Å². The zero-order chi connectivity index (χ0) is 24.4. The maximum Gasteiger partial charge on any atom is 0.270 e. The van der Waals surface area contributed by atoms with Crippen LogP contribution in [-0.4, -0.2) is 74.2 Å². The third-order valence-corrected chi connectivity index (χ3v) is 7.27. The highest BCUT2D eigenvalue weighted by atomic mass is 16.1. The molecule has 1 N–H and O–H groups in total. The van der Waals surface area contributed by atoms with Gasteiger partial charge >= 0.3 is 0 Å². The van der Waals surface area contributed by atoms with Gasteiger partial charge in [-0.25, -0.2) is 9.97 Å². The van der Waals surface area contributed by atoms with Crippen LogP contribution in [-0.2, 0) is 0 Å². The van der Waals surface area contributed by atoms with Crippen LogP contribution in [0.25, 0.3) is 11.0 Å². The van der Waals surface area contributed by atoms with Gasteiger partial charge in [0.15, 0.2) is 5.82 Å². The highest BCUT2D eigenvalue weighted by molar-refractivity contribution is 5.77. The lowest BCUT2D eigenvalue weighted by atomic mass is 10.1. The van der Waals surface area contributed by atoms with Crippen molar-refractivity contribution in [3.63, 3.8) is 0 Å². The van der Waals surface area contributed by atoms with Crippen molar-refractivity contribution in [2.24, 2.45) is 0 Å². The van der Waals surface area contributed by atoms with E-state index in [0.717, 1.165) is 64.7 Å². The summed E-state index contributed by atoms with van der Waals surface area (Å²) in [6.45, 7) is 4.38. The number of nitrogens with zero attached hydrogens (tertiary/aromatic N) is 8. The summed E-state index contributed by atoms with van der Waals surface area (Å²) in [7, 11) is 4.23. The minimum absolute atomic E-state index is 0.0730. The zero-order valence-corrected chi connectivity index (χ0v) is 20.5. The predicted molar refractivity (Wildman–Crippen MR) is 135 cm³/mol. The number of hydrogen-bond acceptors (Lipinski definition) is 8. The molecule has 0 unspecified atom stereocenters. The average Bonchev–Trinajstić information content (AvgIpc) is 3.55. The Hall–Kier alpha value is -3.29. The highest BCUT2D eigenvalue weighted by Gasteiger charge is 2.23. The Kier molecular flexibility index (Phi) is 6.79. The molecule has 1 saturated carbocycles. The first-order chi connectivity index (χ1) is 17.0. The molecule has 1 saturated heterocycles. The molecular formula is C25H33N9O. The van der Waals surface area contributed by atoms with E-state index < -0.39 is 0 Å². The molecule has 2 aliphatic rings. The molecule has 0 radical (unpaired) electrons. The van der Waals surface area contributed by atoms with Crippen molar-refractivity contribution in [3.05, 3.63) is 40.7 Å². The van der Waals surface area contributed by atoms with Gasteiger partial charge in [-0.15, -0.1) is 0 Å². The number of nitrogens with one attached hydrogen (secondary N) is 1. The molecule has 5 rings (SSSR count). The van der Waals surface area contributed by atoms with Crippen molar-refractivity contribution in [3.8, 4) is 6.07 Å². The van der Waals surface area contributed by atoms with Crippen LogP contribution in [0.4, 0.5) is 11.8 Å². The van der Waals surface area contributed by atoms with Gasteiger partial charge < -0.3 is 19.7 Å². The van der Waals surface area contributed by atoms with Crippen LogP contribution in [0.1, 0.15) is 56.2 Å². The summed E-state index contributed by atoms with van der Waals surface area (Å²) in [5, 5.41) is 13.3. The predicted octanol–water partition coefficient (Wildman–Crippen LogP) is 2.92. The monoisotopic (exact) mass is 475 g/mol. The fourth-order valence-corrected chi connectivity index (χ4v) is 5.26. The summed E-state index contributed by atoms with van der Waals surface area (Å²) in [6.07, 6.45) is 11.8. The van der Waals surface area contributed by atoms with Crippen LogP contribution < -0.4 is 10.9 Å². The molecule has 10 heteroatoms. The quantitative estimate of drug-likeness (QED) is 0.556. The number of rotatable bonds is 7. The zero-order valence-electron chi connectivity index (χ0n) is 20.5. The minimum Gasteiger partial charge on any atom is -0.332 e. The third kappa shape index (κ3) is 5.06. The Labute approximate surface area is 205 Å². The van der Waals surface area contributed by atoms with Crippen LogP contribution in [0, 0.1) is 11.3 Å². The molecular weight excluding hydrogens is 442 g/mol. The number of nitriles is 1. The molecule has 10 nitrogen and oxygen atoms in total. The van der Waals surface area contributed by atoms with Crippen LogP contribution in [0.2, 0.25) is 0 Å². The van der Waals surface area contributed by atoms with Crippen molar-refractivity contribution >= 4 is 22.8 Å². The van der Waals surface area contributed by atoms with E-state index in [1.54, 1.807) is 16.8 Å². The molecule has 3 aromatic rings. The minimum atomic E-state index is -0.266. The number of likely N-dealkylation sites (tertiary alicyclic amines) is 1. The first kappa shape index (κ1) is 23.5. The van der Waals surface area contributed by atoms with E-state index in [1.165, 1.54) is 0 Å². The largest absolute Gasteiger partial charge is 0.332 e. The summed E-state index contributed by atoms with van der Waals surface area (Å²) in [5.74, 6) is 1.08. The van der Waals surface area contributed by atoms with Gasteiger partial charge in [-0.3, -0.25) is 9.36 Å². The van der Waals surface area contributed by atoms with Gasteiger partial charge in [0, 0.05) is 56.0 Å². The Balaban J connectivity index is 1.32.